The molecule has 160 valence electrons. The molecule has 0 heterocycles. The maximum absolute atomic E-state index is 13.2. The van der Waals surface area contributed by atoms with Crippen LogP contribution in [0.1, 0.15) is 11.1 Å². The molecule has 6 heteroatoms. The fourth-order valence-electron chi connectivity index (χ4n) is 3.30. The van der Waals surface area contributed by atoms with Gasteiger partial charge in [0.1, 0.15) is 11.8 Å². The smallest absolute Gasteiger partial charge is 0.261 e. The number of para-hydroxylation sites is 1. The lowest BCUT2D eigenvalue weighted by Crippen LogP contribution is -2.51. The van der Waals surface area contributed by atoms with Gasteiger partial charge in [-0.2, -0.15) is 0 Å². The summed E-state index contributed by atoms with van der Waals surface area (Å²) in [5, 5.41) is 3.27. The van der Waals surface area contributed by atoms with Crippen molar-refractivity contribution in [1.29, 1.82) is 0 Å². The van der Waals surface area contributed by atoms with Crippen LogP contribution in [0.25, 0.3) is 0 Å². The van der Waals surface area contributed by atoms with Crippen LogP contribution >= 0.6 is 11.6 Å². The van der Waals surface area contributed by atoms with Crippen LogP contribution in [0.2, 0.25) is 5.02 Å². The molecule has 3 aromatic carbocycles. The van der Waals surface area contributed by atoms with Crippen LogP contribution in [0.3, 0.4) is 0 Å². The maximum atomic E-state index is 13.2. The fourth-order valence-corrected chi connectivity index (χ4v) is 3.51. The van der Waals surface area contributed by atoms with Gasteiger partial charge in [0, 0.05) is 25.0 Å². The molecule has 0 aliphatic heterocycles. The van der Waals surface area contributed by atoms with Crippen molar-refractivity contribution in [3.8, 4) is 5.75 Å². The number of hydrogen-bond acceptors (Lipinski definition) is 3. The molecule has 5 nitrogen and oxygen atoms in total. The topological polar surface area (TPSA) is 58.6 Å². The molecular formula is C25H25ClN2O3. The highest BCUT2D eigenvalue weighted by molar-refractivity contribution is 6.30. The highest BCUT2D eigenvalue weighted by atomic mass is 35.5. The third kappa shape index (κ3) is 6.59. The van der Waals surface area contributed by atoms with Crippen molar-refractivity contribution >= 4 is 23.4 Å². The number of ether oxygens (including phenoxy) is 1. The Labute approximate surface area is 187 Å². The summed E-state index contributed by atoms with van der Waals surface area (Å²) in [4.78, 5) is 27.6. The third-order valence-corrected chi connectivity index (χ3v) is 5.10. The molecule has 0 aliphatic rings. The molecule has 31 heavy (non-hydrogen) atoms. The van der Waals surface area contributed by atoms with Gasteiger partial charge in [0.15, 0.2) is 6.61 Å². The third-order valence-electron chi connectivity index (χ3n) is 4.86. The van der Waals surface area contributed by atoms with Gasteiger partial charge >= 0.3 is 0 Å². The van der Waals surface area contributed by atoms with Crippen molar-refractivity contribution in [2.75, 3.05) is 13.7 Å². The molecule has 0 fully saturated rings. The molecule has 0 aromatic heterocycles. The number of halogens is 1. The number of amides is 2. The molecule has 3 aromatic rings. The van der Waals surface area contributed by atoms with Gasteiger partial charge in [-0.15, -0.1) is 0 Å². The van der Waals surface area contributed by atoms with Gasteiger partial charge in [0.05, 0.1) is 0 Å². The second kappa shape index (κ2) is 11.2. The summed E-state index contributed by atoms with van der Waals surface area (Å²) in [6.07, 6.45) is 0.387. The van der Waals surface area contributed by atoms with E-state index in [4.69, 9.17) is 16.3 Å². The molecule has 1 N–H and O–H groups in total. The van der Waals surface area contributed by atoms with Crippen LogP contribution in [0.4, 0.5) is 0 Å². The van der Waals surface area contributed by atoms with Crippen LogP contribution in [-0.2, 0) is 22.6 Å². The molecule has 1 atom stereocenters. The first-order valence-corrected chi connectivity index (χ1v) is 10.4. The van der Waals surface area contributed by atoms with E-state index in [1.165, 1.54) is 0 Å². The lowest BCUT2D eigenvalue weighted by atomic mass is 10.0. The number of likely N-dealkylation sites (N-methyl/N-ethyl adjacent to an activating group) is 1. The zero-order chi connectivity index (χ0) is 22.1. The number of nitrogens with zero attached hydrogens (tertiary/aromatic N) is 1. The van der Waals surface area contributed by atoms with Crippen molar-refractivity contribution in [3.63, 3.8) is 0 Å². The Morgan fingerprint density at radius 2 is 1.58 bits per heavy atom. The zero-order valence-electron chi connectivity index (χ0n) is 17.3. The first kappa shape index (κ1) is 22.4. The molecule has 0 radical (unpaired) electrons. The fraction of sp³-hybridized carbons (Fsp3) is 0.200. The van der Waals surface area contributed by atoms with Crippen LogP contribution in [-0.4, -0.2) is 36.4 Å². The van der Waals surface area contributed by atoms with Gasteiger partial charge in [-0.3, -0.25) is 9.59 Å². The Bertz CT molecular complexity index is 996. The number of hydrogen-bond donors (Lipinski definition) is 1. The van der Waals surface area contributed by atoms with Gasteiger partial charge in [-0.1, -0.05) is 72.3 Å². The molecule has 0 bridgehead atoms. The van der Waals surface area contributed by atoms with Crippen molar-refractivity contribution in [3.05, 3.63) is 101 Å². The number of carbonyl (C=O) groups is 2. The van der Waals surface area contributed by atoms with Crippen LogP contribution < -0.4 is 10.1 Å². The molecule has 2 amide bonds. The van der Waals surface area contributed by atoms with Gasteiger partial charge in [0.25, 0.3) is 5.91 Å². The maximum Gasteiger partial charge on any atom is 0.261 e. The Balaban J connectivity index is 1.87. The molecule has 0 saturated carbocycles. The van der Waals surface area contributed by atoms with Gasteiger partial charge < -0.3 is 15.0 Å². The Morgan fingerprint density at radius 3 is 2.23 bits per heavy atom. The summed E-state index contributed by atoms with van der Waals surface area (Å²) in [6.45, 7) is 0.0648. The average molecular weight is 437 g/mol. The van der Waals surface area contributed by atoms with Crippen molar-refractivity contribution in [2.24, 2.45) is 0 Å². The van der Waals surface area contributed by atoms with E-state index in [0.717, 1.165) is 11.1 Å². The molecule has 3 rings (SSSR count). The predicted octanol–water partition coefficient (Wildman–Crippen LogP) is 4.10. The zero-order valence-corrected chi connectivity index (χ0v) is 18.1. The van der Waals surface area contributed by atoms with E-state index < -0.39 is 6.04 Å². The summed E-state index contributed by atoms with van der Waals surface area (Å²) >= 11 is 6.14. The van der Waals surface area contributed by atoms with Gasteiger partial charge in [0.2, 0.25) is 5.91 Å². The van der Waals surface area contributed by atoms with Gasteiger partial charge in [-0.05, 0) is 35.4 Å². The second-order valence-electron chi connectivity index (χ2n) is 7.07. The van der Waals surface area contributed by atoms with Gasteiger partial charge in [-0.25, -0.2) is 0 Å². The Kier molecular flexibility index (Phi) is 8.07. The first-order valence-electron chi connectivity index (χ1n) is 10.0. The first-order chi connectivity index (χ1) is 15.1. The molecule has 0 aliphatic carbocycles. The Morgan fingerprint density at radius 1 is 0.935 bits per heavy atom. The summed E-state index contributed by atoms with van der Waals surface area (Å²) in [5.74, 6) is 0.0745. The lowest BCUT2D eigenvalue weighted by molar-refractivity contribution is -0.142. The minimum Gasteiger partial charge on any atom is -0.484 e. The number of rotatable bonds is 9. The summed E-state index contributed by atoms with van der Waals surface area (Å²) in [5.41, 5.74) is 1.80. The van der Waals surface area contributed by atoms with E-state index in [2.05, 4.69) is 5.32 Å². The standard InChI is InChI=1S/C25H25ClN2O3/c1-27-25(30)23(16-19-9-4-2-5-10-19)28(17-20-11-8-12-21(26)15-20)24(29)18-31-22-13-6-3-7-14-22/h2-15,23H,16-18H2,1H3,(H,27,30)/t23-/m1/s1. The quantitative estimate of drug-likeness (QED) is 0.549. The predicted molar refractivity (Wildman–Crippen MR) is 122 cm³/mol. The van der Waals surface area contributed by atoms with E-state index >= 15 is 0 Å². The van der Waals surface area contributed by atoms with Crippen molar-refractivity contribution in [1.82, 2.24) is 10.2 Å². The van der Waals surface area contributed by atoms with Crippen molar-refractivity contribution < 1.29 is 14.3 Å². The van der Waals surface area contributed by atoms with Crippen LogP contribution in [0, 0.1) is 0 Å². The summed E-state index contributed by atoms with van der Waals surface area (Å²) < 4.78 is 5.67. The summed E-state index contributed by atoms with van der Waals surface area (Å²) in [6, 6.07) is 25.3. The average Bonchev–Trinajstić information content (AvgIpc) is 2.80. The number of nitrogens with one attached hydrogen (secondary N) is 1. The van der Waals surface area contributed by atoms with E-state index in [1.54, 1.807) is 36.2 Å². The van der Waals surface area contributed by atoms with Crippen LogP contribution in [0.5, 0.6) is 5.75 Å². The monoisotopic (exact) mass is 436 g/mol. The second-order valence-corrected chi connectivity index (χ2v) is 7.51. The SMILES string of the molecule is CNC(=O)[C@@H](Cc1ccccc1)N(Cc1cccc(Cl)c1)C(=O)COc1ccccc1. The Hall–Kier alpha value is -3.31. The molecule has 0 spiro atoms. The van der Waals surface area contributed by atoms with E-state index in [9.17, 15) is 9.59 Å². The normalized spacial score (nSPS) is 11.4. The molecular weight excluding hydrogens is 412 g/mol. The number of benzene rings is 3. The van der Waals surface area contributed by atoms with E-state index in [-0.39, 0.29) is 25.0 Å². The van der Waals surface area contributed by atoms with E-state index in [0.29, 0.717) is 17.2 Å². The highest BCUT2D eigenvalue weighted by Crippen LogP contribution is 2.18. The molecule has 0 unspecified atom stereocenters. The number of carbonyl (C=O) groups excluding carboxylic acids is 2. The molecule has 0 saturated heterocycles. The summed E-state index contributed by atoms with van der Waals surface area (Å²) in [7, 11) is 1.57. The highest BCUT2D eigenvalue weighted by Gasteiger charge is 2.30. The van der Waals surface area contributed by atoms with Crippen molar-refractivity contribution in [2.45, 2.75) is 19.0 Å². The lowest BCUT2D eigenvalue weighted by Gasteiger charge is -2.31. The van der Waals surface area contributed by atoms with Crippen LogP contribution in [0.15, 0.2) is 84.9 Å². The minimum absolute atomic E-state index is 0.174. The minimum atomic E-state index is -0.696. The largest absolute Gasteiger partial charge is 0.484 e. The van der Waals surface area contributed by atoms with E-state index in [1.807, 2.05) is 60.7 Å².